The Balaban J connectivity index is 2.12. The third-order valence-corrected chi connectivity index (χ3v) is 6.10. The molecule has 7 heteroatoms. The minimum absolute atomic E-state index is 0.136. The van der Waals surface area contributed by atoms with Gasteiger partial charge in [0, 0.05) is 29.6 Å². The standard InChI is InChI=1S/C16H25N5OS/c1-11-18-13(20-7-8-23(22)16(5,6)10-20)12-9-17-21(14(12)19-11)15(2,3)4/h9H,7-8,10H2,1-6H3/t23-/m1/s1. The third-order valence-electron chi connectivity index (χ3n) is 4.19. The Labute approximate surface area is 139 Å². The summed E-state index contributed by atoms with van der Waals surface area (Å²) in [5.74, 6) is 2.32. The average Bonchev–Trinajstić information content (AvgIpc) is 2.84. The SMILES string of the molecule is Cc1nc(N2CC[S@@](=O)C(C)(C)C2)c2cnn(C(C)(C)C)c2n1. The van der Waals surface area contributed by atoms with Crippen LogP contribution in [0.15, 0.2) is 6.20 Å². The molecule has 23 heavy (non-hydrogen) atoms. The predicted molar refractivity (Wildman–Crippen MR) is 94.4 cm³/mol. The van der Waals surface area contributed by atoms with Crippen LogP contribution in [0.5, 0.6) is 0 Å². The van der Waals surface area contributed by atoms with Crippen molar-refractivity contribution in [1.29, 1.82) is 0 Å². The van der Waals surface area contributed by atoms with Crippen molar-refractivity contribution in [3.05, 3.63) is 12.0 Å². The molecule has 0 unspecified atom stereocenters. The van der Waals surface area contributed by atoms with Crippen molar-refractivity contribution in [2.24, 2.45) is 0 Å². The van der Waals surface area contributed by atoms with Crippen LogP contribution in [-0.4, -0.2) is 47.5 Å². The van der Waals surface area contributed by atoms with Gasteiger partial charge in [-0.3, -0.25) is 4.21 Å². The summed E-state index contributed by atoms with van der Waals surface area (Å²) in [6, 6.07) is 0. The molecule has 1 saturated heterocycles. The second kappa shape index (κ2) is 5.26. The summed E-state index contributed by atoms with van der Waals surface area (Å²) in [6.45, 7) is 13.8. The van der Waals surface area contributed by atoms with Gasteiger partial charge in [-0.2, -0.15) is 5.10 Å². The molecule has 0 spiro atoms. The van der Waals surface area contributed by atoms with E-state index in [1.807, 2.05) is 17.8 Å². The molecule has 0 saturated carbocycles. The average molecular weight is 335 g/mol. The van der Waals surface area contributed by atoms with Crippen LogP contribution < -0.4 is 4.90 Å². The molecule has 0 aliphatic carbocycles. The van der Waals surface area contributed by atoms with Gasteiger partial charge in [0.25, 0.3) is 0 Å². The molecule has 1 fully saturated rings. The van der Waals surface area contributed by atoms with E-state index in [-0.39, 0.29) is 10.3 Å². The third kappa shape index (κ3) is 2.86. The summed E-state index contributed by atoms with van der Waals surface area (Å²) in [7, 11) is -0.799. The van der Waals surface area contributed by atoms with E-state index in [0.29, 0.717) is 5.75 Å². The monoisotopic (exact) mass is 335 g/mol. The fraction of sp³-hybridized carbons (Fsp3) is 0.688. The van der Waals surface area contributed by atoms with Gasteiger partial charge < -0.3 is 4.90 Å². The molecule has 2 aromatic rings. The summed E-state index contributed by atoms with van der Waals surface area (Å²) in [4.78, 5) is 11.5. The fourth-order valence-corrected chi connectivity index (χ4v) is 4.23. The highest BCUT2D eigenvalue weighted by Gasteiger charge is 2.35. The number of fused-ring (bicyclic) bond motifs is 1. The molecule has 1 aliphatic rings. The summed E-state index contributed by atoms with van der Waals surface area (Å²) >= 11 is 0. The van der Waals surface area contributed by atoms with E-state index < -0.39 is 10.8 Å². The van der Waals surface area contributed by atoms with Crippen molar-refractivity contribution in [3.8, 4) is 0 Å². The van der Waals surface area contributed by atoms with Crippen LogP contribution in [0.3, 0.4) is 0 Å². The van der Waals surface area contributed by atoms with E-state index in [4.69, 9.17) is 0 Å². The molecule has 0 bridgehead atoms. The second-order valence-corrected chi connectivity index (χ2v) is 9.99. The smallest absolute Gasteiger partial charge is 0.164 e. The van der Waals surface area contributed by atoms with Gasteiger partial charge in [0.15, 0.2) is 5.65 Å². The molecule has 126 valence electrons. The normalized spacial score (nSPS) is 21.8. The van der Waals surface area contributed by atoms with Crippen LogP contribution in [0, 0.1) is 6.92 Å². The quantitative estimate of drug-likeness (QED) is 0.800. The number of hydrogen-bond donors (Lipinski definition) is 0. The van der Waals surface area contributed by atoms with Crippen molar-refractivity contribution in [2.45, 2.75) is 51.8 Å². The second-order valence-electron chi connectivity index (χ2n) is 7.79. The van der Waals surface area contributed by atoms with Gasteiger partial charge in [-0.25, -0.2) is 14.6 Å². The van der Waals surface area contributed by atoms with Gasteiger partial charge >= 0.3 is 0 Å². The van der Waals surface area contributed by atoms with Crippen molar-refractivity contribution >= 4 is 27.7 Å². The Morgan fingerprint density at radius 3 is 2.57 bits per heavy atom. The van der Waals surface area contributed by atoms with Gasteiger partial charge in [0.1, 0.15) is 11.6 Å². The summed E-state index contributed by atoms with van der Waals surface area (Å²) in [5.41, 5.74) is 0.729. The first-order chi connectivity index (χ1) is 10.6. The Morgan fingerprint density at radius 1 is 1.26 bits per heavy atom. The first-order valence-corrected chi connectivity index (χ1v) is 9.28. The molecule has 2 aromatic heterocycles. The lowest BCUT2D eigenvalue weighted by molar-refractivity contribution is 0.365. The molecule has 0 aromatic carbocycles. The van der Waals surface area contributed by atoms with Crippen LogP contribution in [-0.2, 0) is 16.3 Å². The summed E-state index contributed by atoms with van der Waals surface area (Å²) in [6.07, 6.45) is 1.86. The molecule has 0 N–H and O–H groups in total. The van der Waals surface area contributed by atoms with E-state index in [9.17, 15) is 4.21 Å². The highest BCUT2D eigenvalue weighted by Crippen LogP contribution is 2.30. The summed E-state index contributed by atoms with van der Waals surface area (Å²) < 4.78 is 13.9. The maximum atomic E-state index is 12.2. The number of aromatic nitrogens is 4. The Kier molecular flexibility index (Phi) is 3.74. The van der Waals surface area contributed by atoms with Crippen molar-refractivity contribution in [2.75, 3.05) is 23.7 Å². The molecule has 3 heterocycles. The van der Waals surface area contributed by atoms with Gasteiger partial charge in [-0.15, -0.1) is 0 Å². The van der Waals surface area contributed by atoms with E-state index in [1.165, 1.54) is 0 Å². The van der Waals surface area contributed by atoms with E-state index >= 15 is 0 Å². The van der Waals surface area contributed by atoms with Crippen molar-refractivity contribution < 1.29 is 4.21 Å². The maximum absolute atomic E-state index is 12.2. The molecule has 1 atom stereocenters. The molecular formula is C16H25N5OS. The molecule has 1 aliphatic heterocycles. The van der Waals surface area contributed by atoms with Gasteiger partial charge in [0.05, 0.1) is 21.9 Å². The summed E-state index contributed by atoms with van der Waals surface area (Å²) in [5, 5.41) is 5.51. The zero-order valence-corrected chi connectivity index (χ0v) is 15.6. The zero-order chi connectivity index (χ0) is 17.0. The van der Waals surface area contributed by atoms with Crippen molar-refractivity contribution in [3.63, 3.8) is 0 Å². The number of anilines is 1. The van der Waals surface area contributed by atoms with Crippen LogP contribution in [0.4, 0.5) is 5.82 Å². The predicted octanol–water partition coefficient (Wildman–Crippen LogP) is 2.24. The first-order valence-electron chi connectivity index (χ1n) is 7.96. The molecule has 6 nitrogen and oxygen atoms in total. The Bertz CT molecular complexity index is 775. The molecule has 0 radical (unpaired) electrons. The lowest BCUT2D eigenvalue weighted by Crippen LogP contribution is -2.50. The van der Waals surface area contributed by atoms with Gasteiger partial charge in [-0.1, -0.05) is 0 Å². The molecule has 0 amide bonds. The highest BCUT2D eigenvalue weighted by molar-refractivity contribution is 7.86. The van der Waals surface area contributed by atoms with Crippen LogP contribution in [0.1, 0.15) is 40.4 Å². The minimum Gasteiger partial charge on any atom is -0.354 e. The largest absolute Gasteiger partial charge is 0.354 e. The lowest BCUT2D eigenvalue weighted by atomic mass is 10.1. The maximum Gasteiger partial charge on any atom is 0.164 e. The van der Waals surface area contributed by atoms with Crippen LogP contribution in [0.2, 0.25) is 0 Å². The van der Waals surface area contributed by atoms with Gasteiger partial charge in [0.2, 0.25) is 0 Å². The number of nitrogens with zero attached hydrogens (tertiary/aromatic N) is 5. The topological polar surface area (TPSA) is 63.9 Å². The van der Waals surface area contributed by atoms with Crippen molar-refractivity contribution in [1.82, 2.24) is 19.7 Å². The fourth-order valence-electron chi connectivity index (χ4n) is 2.99. The van der Waals surface area contributed by atoms with Crippen LogP contribution in [0.25, 0.3) is 11.0 Å². The minimum atomic E-state index is -0.799. The zero-order valence-electron chi connectivity index (χ0n) is 14.8. The van der Waals surface area contributed by atoms with Gasteiger partial charge in [-0.05, 0) is 41.5 Å². The van der Waals surface area contributed by atoms with E-state index in [0.717, 1.165) is 35.8 Å². The molecule has 3 rings (SSSR count). The first kappa shape index (κ1) is 16.4. The Hall–Kier alpha value is -1.50. The van der Waals surface area contributed by atoms with Crippen LogP contribution >= 0.6 is 0 Å². The number of hydrogen-bond acceptors (Lipinski definition) is 5. The molecular weight excluding hydrogens is 310 g/mol. The van der Waals surface area contributed by atoms with E-state index in [2.05, 4.69) is 54.6 Å². The number of aryl methyl sites for hydroxylation is 1. The number of rotatable bonds is 1. The van der Waals surface area contributed by atoms with E-state index in [1.54, 1.807) is 0 Å². The lowest BCUT2D eigenvalue weighted by Gasteiger charge is -2.38. The highest BCUT2D eigenvalue weighted by atomic mass is 32.2. The Morgan fingerprint density at radius 2 is 1.96 bits per heavy atom.